The van der Waals surface area contributed by atoms with Crippen molar-refractivity contribution < 1.29 is 4.42 Å². The second-order valence-corrected chi connectivity index (χ2v) is 6.05. The highest BCUT2D eigenvalue weighted by molar-refractivity contribution is 9.13. The number of aromatic amines is 1. The van der Waals surface area contributed by atoms with Crippen molar-refractivity contribution in [3.05, 3.63) is 51.1 Å². The van der Waals surface area contributed by atoms with Gasteiger partial charge in [-0.25, -0.2) is 4.98 Å². The lowest BCUT2D eigenvalue weighted by Gasteiger charge is -2.08. The molecule has 21 heavy (non-hydrogen) atoms. The van der Waals surface area contributed by atoms with Crippen molar-refractivity contribution in [1.29, 1.82) is 0 Å². The number of anilines is 1. The molecule has 7 heteroatoms. The molecule has 0 bridgehead atoms. The van der Waals surface area contributed by atoms with Gasteiger partial charge in [0.15, 0.2) is 10.5 Å². The number of aryl methyl sites for hydroxylation is 1. The Hall–Kier alpha value is -1.60. The third kappa shape index (κ3) is 3.19. The number of nitrogens with one attached hydrogen (secondary N) is 2. The molecule has 2 aromatic heterocycles. The van der Waals surface area contributed by atoms with Crippen LogP contribution in [0.5, 0.6) is 0 Å². The van der Waals surface area contributed by atoms with Gasteiger partial charge in [-0.3, -0.25) is 5.10 Å². The van der Waals surface area contributed by atoms with Crippen molar-refractivity contribution in [3.8, 4) is 11.4 Å². The van der Waals surface area contributed by atoms with Crippen molar-refractivity contribution in [2.24, 2.45) is 0 Å². The van der Waals surface area contributed by atoms with Crippen LogP contribution in [0.4, 0.5) is 5.69 Å². The fraction of sp³-hybridized carbons (Fsp3) is 0.143. The first-order chi connectivity index (χ1) is 10.1. The molecule has 0 radical (unpaired) electrons. The minimum Gasteiger partial charge on any atom is -0.451 e. The van der Waals surface area contributed by atoms with Crippen LogP contribution in [0.2, 0.25) is 0 Å². The Kier molecular flexibility index (Phi) is 4.12. The van der Waals surface area contributed by atoms with Gasteiger partial charge in [0, 0.05) is 11.3 Å². The fourth-order valence-corrected chi connectivity index (χ4v) is 2.61. The van der Waals surface area contributed by atoms with Crippen molar-refractivity contribution >= 4 is 37.5 Å². The number of hydrogen-bond acceptors (Lipinski definition) is 4. The second-order valence-electron chi connectivity index (χ2n) is 4.48. The molecular weight excluding hydrogens is 400 g/mol. The Balaban J connectivity index is 1.82. The molecule has 1 aromatic carbocycles. The topological polar surface area (TPSA) is 66.7 Å². The molecule has 0 aliphatic heterocycles. The minimum absolute atomic E-state index is 0.574. The van der Waals surface area contributed by atoms with Gasteiger partial charge >= 0.3 is 0 Å². The monoisotopic (exact) mass is 410 g/mol. The molecule has 0 unspecified atom stereocenters. The number of halogens is 2. The van der Waals surface area contributed by atoms with Gasteiger partial charge in [0.1, 0.15) is 11.6 Å². The highest BCUT2D eigenvalue weighted by atomic mass is 79.9. The van der Waals surface area contributed by atoms with E-state index in [0.29, 0.717) is 17.0 Å². The number of H-pyrrole nitrogens is 1. The van der Waals surface area contributed by atoms with Gasteiger partial charge in [-0.15, -0.1) is 0 Å². The van der Waals surface area contributed by atoms with Crippen LogP contribution >= 0.6 is 31.9 Å². The third-order valence-electron chi connectivity index (χ3n) is 2.91. The number of aromatic nitrogens is 3. The molecule has 0 amide bonds. The molecule has 3 aromatic rings. The summed E-state index contributed by atoms with van der Waals surface area (Å²) in [6.45, 7) is 2.45. The lowest BCUT2D eigenvalue weighted by atomic mass is 10.1. The van der Waals surface area contributed by atoms with Crippen molar-refractivity contribution in [1.82, 2.24) is 15.2 Å². The van der Waals surface area contributed by atoms with E-state index in [1.807, 2.05) is 37.3 Å². The highest BCUT2D eigenvalue weighted by Crippen LogP contribution is 2.29. The van der Waals surface area contributed by atoms with Crippen LogP contribution in [0.3, 0.4) is 0 Å². The minimum atomic E-state index is 0.574. The summed E-state index contributed by atoms with van der Waals surface area (Å²) in [6, 6.07) is 9.84. The Morgan fingerprint density at radius 3 is 2.76 bits per heavy atom. The quantitative estimate of drug-likeness (QED) is 0.662. The number of rotatable bonds is 4. The zero-order chi connectivity index (χ0) is 14.8. The third-order valence-corrected chi connectivity index (χ3v) is 4.62. The fourth-order valence-electron chi connectivity index (χ4n) is 1.96. The Morgan fingerprint density at radius 2 is 2.10 bits per heavy atom. The van der Waals surface area contributed by atoms with E-state index in [1.54, 1.807) is 0 Å². The molecule has 0 saturated heterocycles. The van der Waals surface area contributed by atoms with Crippen LogP contribution in [0.15, 0.2) is 43.9 Å². The molecule has 2 heterocycles. The van der Waals surface area contributed by atoms with Crippen LogP contribution in [0.1, 0.15) is 11.6 Å². The van der Waals surface area contributed by atoms with Gasteiger partial charge in [0.05, 0.1) is 11.0 Å². The van der Waals surface area contributed by atoms with E-state index < -0.39 is 0 Å². The smallest absolute Gasteiger partial charge is 0.183 e. The van der Waals surface area contributed by atoms with Gasteiger partial charge in [0.2, 0.25) is 0 Å². The largest absolute Gasteiger partial charge is 0.451 e. The molecule has 5 nitrogen and oxygen atoms in total. The summed E-state index contributed by atoms with van der Waals surface area (Å²) in [5.41, 5.74) is 1.91. The summed E-state index contributed by atoms with van der Waals surface area (Å²) in [5, 5.41) is 10.4. The number of nitrogens with zero attached hydrogens (tertiary/aromatic N) is 2. The Morgan fingerprint density at radius 1 is 1.29 bits per heavy atom. The van der Waals surface area contributed by atoms with E-state index in [0.717, 1.165) is 27.3 Å². The zero-order valence-electron chi connectivity index (χ0n) is 11.2. The van der Waals surface area contributed by atoms with Crippen LogP contribution in [-0.2, 0) is 6.54 Å². The Bertz CT molecular complexity index is 746. The maximum Gasteiger partial charge on any atom is 0.183 e. The molecule has 0 atom stereocenters. The van der Waals surface area contributed by atoms with Gasteiger partial charge < -0.3 is 9.73 Å². The predicted octanol–water partition coefficient (Wildman–Crippen LogP) is 4.51. The standard InChI is InChI=1S/C14H12Br2N4O/c1-8-18-14(20-19-8)10-4-2-3-5-12(10)17-7-9-6-11(15)13(16)21-9/h2-6,17H,7H2,1H3,(H,18,19,20). The van der Waals surface area contributed by atoms with Gasteiger partial charge in [-0.05, 0) is 57.0 Å². The highest BCUT2D eigenvalue weighted by Gasteiger charge is 2.10. The van der Waals surface area contributed by atoms with E-state index >= 15 is 0 Å². The molecule has 3 rings (SSSR count). The van der Waals surface area contributed by atoms with Crippen LogP contribution in [-0.4, -0.2) is 15.2 Å². The van der Waals surface area contributed by atoms with Crippen LogP contribution in [0, 0.1) is 6.92 Å². The van der Waals surface area contributed by atoms with E-state index in [1.165, 1.54) is 0 Å². The molecule has 108 valence electrons. The summed E-state index contributed by atoms with van der Waals surface area (Å²) in [6.07, 6.45) is 0. The van der Waals surface area contributed by atoms with Gasteiger partial charge in [-0.1, -0.05) is 12.1 Å². The summed E-state index contributed by atoms with van der Waals surface area (Å²) < 4.78 is 7.15. The molecule has 0 aliphatic rings. The average molecular weight is 412 g/mol. The maximum absolute atomic E-state index is 5.56. The summed E-state index contributed by atoms with van der Waals surface area (Å²) in [7, 11) is 0. The molecule has 0 aliphatic carbocycles. The lowest BCUT2D eigenvalue weighted by molar-refractivity contribution is 0.494. The van der Waals surface area contributed by atoms with E-state index in [4.69, 9.17) is 4.42 Å². The zero-order valence-corrected chi connectivity index (χ0v) is 14.3. The normalized spacial score (nSPS) is 10.8. The first kappa shape index (κ1) is 14.3. The maximum atomic E-state index is 5.56. The summed E-state index contributed by atoms with van der Waals surface area (Å²) in [4.78, 5) is 4.37. The number of para-hydroxylation sites is 1. The summed E-state index contributed by atoms with van der Waals surface area (Å²) >= 11 is 6.73. The molecule has 2 N–H and O–H groups in total. The predicted molar refractivity (Wildman–Crippen MR) is 88.0 cm³/mol. The lowest BCUT2D eigenvalue weighted by Crippen LogP contribution is -2.00. The number of benzene rings is 1. The number of furan rings is 1. The van der Waals surface area contributed by atoms with Crippen molar-refractivity contribution in [2.75, 3.05) is 5.32 Å². The first-order valence-corrected chi connectivity index (χ1v) is 7.88. The van der Waals surface area contributed by atoms with Gasteiger partial charge in [0.25, 0.3) is 0 Å². The second kappa shape index (κ2) is 6.03. The van der Waals surface area contributed by atoms with Crippen molar-refractivity contribution in [2.45, 2.75) is 13.5 Å². The Labute approximate surface area is 138 Å². The SMILES string of the molecule is Cc1nc(-c2ccccc2NCc2cc(Br)c(Br)o2)n[nH]1. The van der Waals surface area contributed by atoms with Crippen molar-refractivity contribution in [3.63, 3.8) is 0 Å². The van der Waals surface area contributed by atoms with E-state index in [2.05, 4.69) is 52.4 Å². The molecule has 0 spiro atoms. The average Bonchev–Trinajstić information content (AvgIpc) is 3.04. The molecule has 0 fully saturated rings. The number of hydrogen-bond donors (Lipinski definition) is 2. The first-order valence-electron chi connectivity index (χ1n) is 6.29. The van der Waals surface area contributed by atoms with E-state index in [-0.39, 0.29) is 0 Å². The van der Waals surface area contributed by atoms with E-state index in [9.17, 15) is 0 Å². The van der Waals surface area contributed by atoms with Crippen LogP contribution in [0.25, 0.3) is 11.4 Å². The molecule has 0 saturated carbocycles. The van der Waals surface area contributed by atoms with Gasteiger partial charge in [-0.2, -0.15) is 5.10 Å². The van der Waals surface area contributed by atoms with Crippen LogP contribution < -0.4 is 5.32 Å². The summed E-state index contributed by atoms with van der Waals surface area (Å²) in [5.74, 6) is 2.30. The molecular formula is C14H12Br2N4O.